The summed E-state index contributed by atoms with van der Waals surface area (Å²) in [5.41, 5.74) is 4.32. The summed E-state index contributed by atoms with van der Waals surface area (Å²) >= 11 is 5.56. The van der Waals surface area contributed by atoms with E-state index < -0.39 is 29.6 Å². The van der Waals surface area contributed by atoms with Crippen LogP contribution in [0.25, 0.3) is 0 Å². The molecular weight excluding hydrogens is 297 g/mol. The number of amides is 1. The van der Waals surface area contributed by atoms with Crippen LogP contribution in [-0.2, 0) is 15.7 Å². The van der Waals surface area contributed by atoms with Crippen molar-refractivity contribution in [1.82, 2.24) is 0 Å². The van der Waals surface area contributed by atoms with Gasteiger partial charge in [0.25, 0.3) is 0 Å². The molecule has 0 aromatic heterocycles. The zero-order valence-corrected chi connectivity index (χ0v) is 11.0. The van der Waals surface area contributed by atoms with E-state index in [1.54, 1.807) is 0 Å². The Balaban J connectivity index is 2.23. The smallest absolute Gasteiger partial charge is 0.379 e. The van der Waals surface area contributed by atoms with Gasteiger partial charge in [-0.3, -0.25) is 4.79 Å². The fourth-order valence-corrected chi connectivity index (χ4v) is 2.10. The second kappa shape index (κ2) is 5.59. The van der Waals surface area contributed by atoms with E-state index in [4.69, 9.17) is 22.1 Å². The van der Waals surface area contributed by atoms with Crippen molar-refractivity contribution < 1.29 is 22.7 Å². The topological polar surface area (TPSA) is 64.3 Å². The summed E-state index contributed by atoms with van der Waals surface area (Å²) in [6.07, 6.45) is -4.61. The lowest BCUT2D eigenvalue weighted by atomic mass is 10.0. The first-order valence-electron chi connectivity index (χ1n) is 5.80. The Morgan fingerprint density at radius 3 is 2.65 bits per heavy atom. The second-order valence-electron chi connectivity index (χ2n) is 4.48. The first kappa shape index (κ1) is 15.1. The summed E-state index contributed by atoms with van der Waals surface area (Å²) in [5.74, 6) is -1.26. The van der Waals surface area contributed by atoms with Crippen LogP contribution in [0.15, 0.2) is 18.2 Å². The van der Waals surface area contributed by atoms with Gasteiger partial charge in [0.15, 0.2) is 0 Å². The van der Waals surface area contributed by atoms with Crippen molar-refractivity contribution in [2.24, 2.45) is 11.7 Å². The fourth-order valence-electron chi connectivity index (χ4n) is 1.93. The van der Waals surface area contributed by atoms with Crippen molar-refractivity contribution >= 4 is 23.2 Å². The predicted molar refractivity (Wildman–Crippen MR) is 67.4 cm³/mol. The Hall–Kier alpha value is -1.31. The van der Waals surface area contributed by atoms with E-state index in [9.17, 15) is 18.0 Å². The molecule has 1 aliphatic heterocycles. The molecule has 2 unspecified atom stereocenters. The minimum Gasteiger partial charge on any atom is -0.379 e. The van der Waals surface area contributed by atoms with Crippen molar-refractivity contribution in [2.75, 3.05) is 18.5 Å². The highest BCUT2D eigenvalue weighted by Crippen LogP contribution is 2.36. The molecule has 8 heteroatoms. The van der Waals surface area contributed by atoms with E-state index in [-0.39, 0.29) is 23.9 Å². The molecule has 2 atom stereocenters. The lowest BCUT2D eigenvalue weighted by Gasteiger charge is -2.17. The summed E-state index contributed by atoms with van der Waals surface area (Å²) in [5, 5.41) is 2.18. The Morgan fingerprint density at radius 2 is 2.10 bits per heavy atom. The van der Waals surface area contributed by atoms with Gasteiger partial charge in [0.1, 0.15) is 0 Å². The summed E-state index contributed by atoms with van der Waals surface area (Å²) in [6.45, 7) is 0.312. The van der Waals surface area contributed by atoms with E-state index in [1.807, 2.05) is 0 Å². The molecule has 0 bridgehead atoms. The number of halogens is 4. The third-order valence-electron chi connectivity index (χ3n) is 3.01. The molecule has 0 saturated carbocycles. The lowest BCUT2D eigenvalue weighted by molar-refractivity contribution is -0.137. The van der Waals surface area contributed by atoms with E-state index >= 15 is 0 Å². The molecule has 3 N–H and O–H groups in total. The monoisotopic (exact) mass is 308 g/mol. The van der Waals surface area contributed by atoms with Gasteiger partial charge in [-0.25, -0.2) is 0 Å². The van der Waals surface area contributed by atoms with E-state index in [1.165, 1.54) is 6.07 Å². The molecule has 0 aliphatic carbocycles. The number of alkyl halides is 3. The highest BCUT2D eigenvalue weighted by Gasteiger charge is 2.36. The van der Waals surface area contributed by atoms with Crippen molar-refractivity contribution in [1.29, 1.82) is 0 Å². The van der Waals surface area contributed by atoms with Crippen LogP contribution in [0.2, 0.25) is 5.02 Å². The molecule has 0 radical (unpaired) electrons. The van der Waals surface area contributed by atoms with Crippen LogP contribution < -0.4 is 11.1 Å². The average Bonchev–Trinajstić information content (AvgIpc) is 2.76. The molecule has 2 rings (SSSR count). The summed E-state index contributed by atoms with van der Waals surface area (Å²) in [6, 6.07) is 2.64. The number of carbonyl (C=O) groups is 1. The molecule has 20 heavy (non-hydrogen) atoms. The summed E-state index contributed by atoms with van der Waals surface area (Å²) < 4.78 is 43.6. The van der Waals surface area contributed by atoms with E-state index in [0.717, 1.165) is 12.1 Å². The molecule has 1 aromatic carbocycles. The maximum atomic E-state index is 12.9. The number of nitrogens with one attached hydrogen (secondary N) is 1. The highest BCUT2D eigenvalue weighted by molar-refractivity contribution is 6.30. The standard InChI is InChI=1S/C12H12ClF3N2O2/c13-6-1-2-10(8(3-6)12(14,15)16)18-11(19)7-4-20-5-9(7)17/h1-3,7,9H,4-5,17H2,(H,18,19). The zero-order chi connectivity index (χ0) is 14.9. The van der Waals surface area contributed by atoms with Crippen molar-refractivity contribution in [3.8, 4) is 0 Å². The van der Waals surface area contributed by atoms with Gasteiger partial charge >= 0.3 is 6.18 Å². The minimum atomic E-state index is -4.61. The second-order valence-corrected chi connectivity index (χ2v) is 4.92. The number of anilines is 1. The Kier molecular flexibility index (Phi) is 4.22. The molecule has 1 aliphatic rings. The Bertz CT molecular complexity index is 522. The van der Waals surface area contributed by atoms with Crippen LogP contribution in [0.3, 0.4) is 0 Å². The number of hydrogen-bond acceptors (Lipinski definition) is 3. The number of ether oxygens (including phenoxy) is 1. The van der Waals surface area contributed by atoms with Crippen LogP contribution in [0.4, 0.5) is 18.9 Å². The number of nitrogens with two attached hydrogens (primary N) is 1. The summed E-state index contributed by atoms with van der Waals surface area (Å²) in [7, 11) is 0. The first-order valence-corrected chi connectivity index (χ1v) is 6.18. The minimum absolute atomic E-state index is 0.0591. The molecule has 110 valence electrons. The normalized spacial score (nSPS) is 22.9. The van der Waals surface area contributed by atoms with Crippen molar-refractivity contribution in [2.45, 2.75) is 12.2 Å². The van der Waals surface area contributed by atoms with E-state index in [0.29, 0.717) is 0 Å². The average molecular weight is 309 g/mol. The maximum Gasteiger partial charge on any atom is 0.418 e. The number of rotatable bonds is 2. The summed E-state index contributed by atoms with van der Waals surface area (Å²) in [4.78, 5) is 11.9. The van der Waals surface area contributed by atoms with Crippen LogP contribution in [-0.4, -0.2) is 25.2 Å². The molecular formula is C12H12ClF3N2O2. The largest absolute Gasteiger partial charge is 0.418 e. The SMILES string of the molecule is NC1COCC1C(=O)Nc1ccc(Cl)cc1C(F)(F)F. The van der Waals surface area contributed by atoms with Crippen molar-refractivity contribution in [3.63, 3.8) is 0 Å². The Labute approximate surface area is 118 Å². The van der Waals surface area contributed by atoms with Crippen LogP contribution in [0.5, 0.6) is 0 Å². The van der Waals surface area contributed by atoms with Crippen LogP contribution >= 0.6 is 11.6 Å². The van der Waals surface area contributed by atoms with Gasteiger partial charge in [0.2, 0.25) is 5.91 Å². The van der Waals surface area contributed by atoms with E-state index in [2.05, 4.69) is 5.32 Å². The molecule has 4 nitrogen and oxygen atoms in total. The molecule has 1 saturated heterocycles. The van der Waals surface area contributed by atoms with Crippen molar-refractivity contribution in [3.05, 3.63) is 28.8 Å². The van der Waals surface area contributed by atoms with Gasteiger partial charge in [-0.15, -0.1) is 0 Å². The zero-order valence-electron chi connectivity index (χ0n) is 10.2. The predicted octanol–water partition coefficient (Wildman–Crippen LogP) is 2.27. The van der Waals surface area contributed by atoms with Gasteiger partial charge in [-0.1, -0.05) is 11.6 Å². The van der Waals surface area contributed by atoms with Gasteiger partial charge in [-0.05, 0) is 18.2 Å². The lowest BCUT2D eigenvalue weighted by Crippen LogP contribution is -2.37. The fraction of sp³-hybridized carbons (Fsp3) is 0.417. The molecule has 1 aromatic rings. The van der Waals surface area contributed by atoms with Crippen LogP contribution in [0, 0.1) is 5.92 Å². The number of carbonyl (C=O) groups excluding carboxylic acids is 1. The number of hydrogen-bond donors (Lipinski definition) is 2. The molecule has 1 amide bonds. The Morgan fingerprint density at radius 1 is 1.40 bits per heavy atom. The van der Waals surface area contributed by atoms with Gasteiger partial charge in [0, 0.05) is 11.1 Å². The van der Waals surface area contributed by atoms with Gasteiger partial charge in [0.05, 0.1) is 30.4 Å². The maximum absolute atomic E-state index is 12.9. The quantitative estimate of drug-likeness (QED) is 0.881. The third kappa shape index (κ3) is 3.23. The van der Waals surface area contributed by atoms with Gasteiger partial charge < -0.3 is 15.8 Å². The molecule has 1 heterocycles. The van der Waals surface area contributed by atoms with Gasteiger partial charge in [-0.2, -0.15) is 13.2 Å². The molecule has 1 fully saturated rings. The van der Waals surface area contributed by atoms with Crippen LogP contribution in [0.1, 0.15) is 5.56 Å². The first-order chi connectivity index (χ1) is 9.29. The highest BCUT2D eigenvalue weighted by atomic mass is 35.5. The number of benzene rings is 1. The molecule has 0 spiro atoms. The third-order valence-corrected chi connectivity index (χ3v) is 3.24.